The fourth-order valence-corrected chi connectivity index (χ4v) is 3.68. The fraction of sp³-hybridized carbons (Fsp3) is 0.438. The first-order valence-corrected chi connectivity index (χ1v) is 8.79. The highest BCUT2D eigenvalue weighted by Crippen LogP contribution is 2.27. The molecule has 0 saturated heterocycles. The molecule has 2 aromatic rings. The normalized spacial score (nSPS) is 11.7. The maximum Gasteiger partial charge on any atom is 0.244 e. The molecular weight excluding hydrogens is 314 g/mol. The van der Waals surface area contributed by atoms with Crippen molar-refractivity contribution < 1.29 is 13.2 Å². The van der Waals surface area contributed by atoms with E-state index in [1.165, 1.54) is 7.11 Å². The van der Waals surface area contributed by atoms with E-state index >= 15 is 0 Å². The molecule has 0 amide bonds. The Kier molecular flexibility index (Phi) is 4.81. The number of sulfonamides is 1. The SMILES string of the molecule is COc1cc(C)c(C)cc1S(=O)(=O)NCc1c(C)nn(C)c1C. The van der Waals surface area contributed by atoms with Crippen LogP contribution in [0.1, 0.15) is 28.1 Å². The third kappa shape index (κ3) is 3.40. The van der Waals surface area contributed by atoms with Gasteiger partial charge in [0, 0.05) is 24.8 Å². The van der Waals surface area contributed by atoms with Crippen LogP contribution >= 0.6 is 0 Å². The van der Waals surface area contributed by atoms with Crippen molar-refractivity contribution in [1.29, 1.82) is 0 Å². The van der Waals surface area contributed by atoms with Gasteiger partial charge >= 0.3 is 0 Å². The predicted octanol–water partition coefficient (Wildman–Crippen LogP) is 2.14. The smallest absolute Gasteiger partial charge is 0.244 e. The summed E-state index contributed by atoms with van der Waals surface area (Å²) in [6.45, 7) is 7.78. The van der Waals surface area contributed by atoms with Crippen LogP contribution in [0.25, 0.3) is 0 Å². The van der Waals surface area contributed by atoms with E-state index in [1.807, 2.05) is 34.7 Å². The maximum atomic E-state index is 12.7. The van der Waals surface area contributed by atoms with Gasteiger partial charge in [-0.25, -0.2) is 13.1 Å². The first kappa shape index (κ1) is 17.5. The highest BCUT2D eigenvalue weighted by molar-refractivity contribution is 7.89. The summed E-state index contributed by atoms with van der Waals surface area (Å²) in [7, 11) is -0.366. The van der Waals surface area contributed by atoms with E-state index < -0.39 is 10.0 Å². The first-order valence-electron chi connectivity index (χ1n) is 7.31. The molecule has 0 aliphatic carbocycles. The molecule has 1 aromatic heterocycles. The topological polar surface area (TPSA) is 73.2 Å². The predicted molar refractivity (Wildman–Crippen MR) is 89.2 cm³/mol. The average Bonchev–Trinajstić information content (AvgIpc) is 2.72. The number of nitrogens with one attached hydrogen (secondary N) is 1. The molecule has 0 spiro atoms. The van der Waals surface area contributed by atoms with Crippen molar-refractivity contribution in [2.24, 2.45) is 7.05 Å². The second-order valence-corrected chi connectivity index (χ2v) is 7.42. The van der Waals surface area contributed by atoms with Gasteiger partial charge < -0.3 is 4.74 Å². The molecule has 0 bridgehead atoms. The molecule has 0 atom stereocenters. The minimum Gasteiger partial charge on any atom is -0.495 e. The van der Waals surface area contributed by atoms with Crippen molar-refractivity contribution >= 4 is 10.0 Å². The molecule has 2 rings (SSSR count). The Labute approximate surface area is 137 Å². The van der Waals surface area contributed by atoms with Crippen LogP contribution in [0.15, 0.2) is 17.0 Å². The van der Waals surface area contributed by atoms with Crippen molar-refractivity contribution in [1.82, 2.24) is 14.5 Å². The van der Waals surface area contributed by atoms with E-state index in [1.54, 1.807) is 16.8 Å². The third-order valence-electron chi connectivity index (χ3n) is 4.17. The molecule has 126 valence electrons. The van der Waals surface area contributed by atoms with E-state index in [-0.39, 0.29) is 11.4 Å². The minimum absolute atomic E-state index is 0.155. The van der Waals surface area contributed by atoms with Gasteiger partial charge in [0.15, 0.2) is 0 Å². The van der Waals surface area contributed by atoms with E-state index in [4.69, 9.17) is 4.74 Å². The van der Waals surface area contributed by atoms with Crippen LogP contribution in [0.2, 0.25) is 0 Å². The highest BCUT2D eigenvalue weighted by atomic mass is 32.2. The molecule has 6 nitrogen and oxygen atoms in total. The molecule has 0 aliphatic heterocycles. The number of ether oxygens (including phenoxy) is 1. The largest absolute Gasteiger partial charge is 0.495 e. The van der Waals surface area contributed by atoms with Gasteiger partial charge in [-0.05, 0) is 51.0 Å². The molecule has 0 unspecified atom stereocenters. The van der Waals surface area contributed by atoms with Gasteiger partial charge in [0.25, 0.3) is 0 Å². The number of nitrogens with zero attached hydrogens (tertiary/aromatic N) is 2. The summed E-state index contributed by atoms with van der Waals surface area (Å²) in [6.07, 6.45) is 0. The lowest BCUT2D eigenvalue weighted by Crippen LogP contribution is -2.24. The van der Waals surface area contributed by atoms with Crippen LogP contribution < -0.4 is 9.46 Å². The van der Waals surface area contributed by atoms with Crippen molar-refractivity contribution in [3.63, 3.8) is 0 Å². The Hall–Kier alpha value is -1.86. The Morgan fingerprint density at radius 2 is 1.78 bits per heavy atom. The molecular formula is C16H23N3O3S. The summed E-state index contributed by atoms with van der Waals surface area (Å²) in [5, 5.41) is 4.30. The zero-order chi connectivity index (χ0) is 17.4. The number of rotatable bonds is 5. The van der Waals surface area contributed by atoms with Crippen LogP contribution in [0.4, 0.5) is 0 Å². The summed E-state index contributed by atoms with van der Waals surface area (Å²) in [4.78, 5) is 0.155. The van der Waals surface area contributed by atoms with E-state index in [9.17, 15) is 8.42 Å². The maximum absolute atomic E-state index is 12.7. The molecule has 7 heteroatoms. The lowest BCUT2D eigenvalue weighted by Gasteiger charge is -2.13. The summed E-state index contributed by atoms with van der Waals surface area (Å²) in [6, 6.07) is 3.38. The quantitative estimate of drug-likeness (QED) is 0.907. The number of aromatic nitrogens is 2. The summed E-state index contributed by atoms with van der Waals surface area (Å²) in [5.41, 5.74) is 4.54. The number of aryl methyl sites for hydroxylation is 4. The Morgan fingerprint density at radius 1 is 1.17 bits per heavy atom. The monoisotopic (exact) mass is 337 g/mol. The van der Waals surface area contributed by atoms with Crippen LogP contribution in [0.5, 0.6) is 5.75 Å². The summed E-state index contributed by atoms with van der Waals surface area (Å²) < 4.78 is 34.9. The zero-order valence-corrected chi connectivity index (χ0v) is 15.2. The first-order chi connectivity index (χ1) is 10.7. The van der Waals surface area contributed by atoms with Gasteiger partial charge in [-0.2, -0.15) is 5.10 Å². The Balaban J connectivity index is 2.34. The second-order valence-electron chi connectivity index (χ2n) is 5.68. The molecule has 0 fully saturated rings. The molecule has 0 radical (unpaired) electrons. The average molecular weight is 337 g/mol. The zero-order valence-electron chi connectivity index (χ0n) is 14.4. The van der Waals surface area contributed by atoms with Crippen molar-refractivity contribution in [2.45, 2.75) is 39.1 Å². The van der Waals surface area contributed by atoms with E-state index in [2.05, 4.69) is 9.82 Å². The number of hydrogen-bond donors (Lipinski definition) is 1. The summed E-state index contributed by atoms with van der Waals surface area (Å²) >= 11 is 0. The standard InChI is InChI=1S/C16H23N3O3S/c1-10-7-15(22-6)16(8-11(10)2)23(20,21)17-9-14-12(3)18-19(5)13(14)4/h7-8,17H,9H2,1-6H3. The van der Waals surface area contributed by atoms with Gasteiger partial charge in [0.1, 0.15) is 10.6 Å². The fourth-order valence-electron chi connectivity index (χ4n) is 2.45. The van der Waals surface area contributed by atoms with Crippen molar-refractivity contribution in [2.75, 3.05) is 7.11 Å². The van der Waals surface area contributed by atoms with Gasteiger partial charge in [0.05, 0.1) is 12.8 Å². The molecule has 1 heterocycles. The number of methoxy groups -OCH3 is 1. The summed E-state index contributed by atoms with van der Waals surface area (Å²) in [5.74, 6) is 0.347. The Morgan fingerprint density at radius 3 is 2.30 bits per heavy atom. The molecule has 23 heavy (non-hydrogen) atoms. The van der Waals surface area contributed by atoms with E-state index in [0.717, 1.165) is 28.1 Å². The van der Waals surface area contributed by atoms with Crippen molar-refractivity contribution in [3.8, 4) is 5.75 Å². The third-order valence-corrected chi connectivity index (χ3v) is 5.59. The van der Waals surface area contributed by atoms with Crippen LogP contribution in [-0.4, -0.2) is 25.3 Å². The van der Waals surface area contributed by atoms with Crippen LogP contribution in [0, 0.1) is 27.7 Å². The lowest BCUT2D eigenvalue weighted by atomic mass is 10.1. The molecule has 1 N–H and O–H groups in total. The van der Waals surface area contributed by atoms with Gasteiger partial charge in [-0.15, -0.1) is 0 Å². The van der Waals surface area contributed by atoms with E-state index in [0.29, 0.717) is 5.75 Å². The number of benzene rings is 1. The molecule has 0 saturated carbocycles. The number of hydrogen-bond acceptors (Lipinski definition) is 4. The lowest BCUT2D eigenvalue weighted by molar-refractivity contribution is 0.401. The molecule has 1 aromatic carbocycles. The Bertz CT molecular complexity index is 839. The van der Waals surface area contributed by atoms with Gasteiger partial charge in [0.2, 0.25) is 10.0 Å². The van der Waals surface area contributed by atoms with Crippen LogP contribution in [-0.2, 0) is 23.6 Å². The second kappa shape index (κ2) is 6.33. The van der Waals surface area contributed by atoms with Crippen LogP contribution in [0.3, 0.4) is 0 Å². The van der Waals surface area contributed by atoms with Gasteiger partial charge in [-0.1, -0.05) is 0 Å². The minimum atomic E-state index is -3.68. The van der Waals surface area contributed by atoms with Crippen molar-refractivity contribution in [3.05, 3.63) is 40.2 Å². The highest BCUT2D eigenvalue weighted by Gasteiger charge is 2.21. The van der Waals surface area contributed by atoms with Gasteiger partial charge in [-0.3, -0.25) is 4.68 Å². The molecule has 0 aliphatic rings.